The van der Waals surface area contributed by atoms with E-state index in [1.807, 2.05) is 36.4 Å². The van der Waals surface area contributed by atoms with E-state index < -0.39 is 11.5 Å². The van der Waals surface area contributed by atoms with Gasteiger partial charge in [-0.25, -0.2) is 15.6 Å². The van der Waals surface area contributed by atoms with E-state index in [0.717, 1.165) is 36.8 Å². The van der Waals surface area contributed by atoms with E-state index in [4.69, 9.17) is 25.8 Å². The van der Waals surface area contributed by atoms with Crippen LogP contribution in [0.3, 0.4) is 0 Å². The van der Waals surface area contributed by atoms with Crippen molar-refractivity contribution in [1.82, 2.24) is 9.97 Å². The highest BCUT2D eigenvalue weighted by Crippen LogP contribution is 2.36. The molecule has 0 bridgehead atoms. The normalized spacial score (nSPS) is 13.6. The van der Waals surface area contributed by atoms with Crippen molar-refractivity contribution in [2.45, 2.75) is 51.7 Å². The summed E-state index contributed by atoms with van der Waals surface area (Å²) in [4.78, 5) is 31.3. The fourth-order valence-electron chi connectivity index (χ4n) is 4.11. The zero-order chi connectivity index (χ0) is 25.7. The molecule has 1 saturated carbocycles. The van der Waals surface area contributed by atoms with Gasteiger partial charge in [-0.3, -0.25) is 4.79 Å². The average molecular weight is 494 g/mol. The summed E-state index contributed by atoms with van der Waals surface area (Å²) in [6, 6.07) is 13.1. The van der Waals surface area contributed by atoms with Gasteiger partial charge in [0.05, 0.1) is 17.8 Å². The number of carbonyl (C=O) groups excluding carboxylic acids is 1. The fourth-order valence-corrected chi connectivity index (χ4v) is 4.11. The van der Waals surface area contributed by atoms with E-state index in [0.29, 0.717) is 22.9 Å². The van der Waals surface area contributed by atoms with Crippen molar-refractivity contribution in [2.75, 3.05) is 17.8 Å². The second-order valence-corrected chi connectivity index (χ2v) is 8.91. The van der Waals surface area contributed by atoms with Gasteiger partial charge in [-0.15, -0.1) is 0 Å². The van der Waals surface area contributed by atoms with Gasteiger partial charge in [-0.2, -0.15) is 0 Å². The number of aromatic amines is 1. The third-order valence-corrected chi connectivity index (χ3v) is 5.82. The molecule has 1 aliphatic rings. The topological polar surface area (TPSA) is 155 Å². The summed E-state index contributed by atoms with van der Waals surface area (Å²) in [6.07, 6.45) is 4.01. The molecule has 0 unspecified atom stereocenters. The molecule has 2 aromatic carbocycles. The van der Waals surface area contributed by atoms with Gasteiger partial charge in [0.1, 0.15) is 23.0 Å². The lowest BCUT2D eigenvalue weighted by molar-refractivity contribution is -0.149. The van der Waals surface area contributed by atoms with Crippen LogP contribution in [-0.2, 0) is 9.53 Å². The Morgan fingerprint density at radius 1 is 1.17 bits per heavy atom. The maximum Gasteiger partial charge on any atom is 0.344 e. The van der Waals surface area contributed by atoms with Crippen LogP contribution in [0.15, 0.2) is 47.3 Å². The van der Waals surface area contributed by atoms with Gasteiger partial charge in [-0.05, 0) is 74.9 Å². The number of benzene rings is 2. The van der Waals surface area contributed by atoms with Gasteiger partial charge in [0, 0.05) is 0 Å². The van der Waals surface area contributed by atoms with Crippen LogP contribution in [0.25, 0.3) is 22.5 Å². The first-order valence-corrected chi connectivity index (χ1v) is 11.9. The van der Waals surface area contributed by atoms with E-state index in [1.165, 1.54) is 0 Å². The molecule has 3 aromatic rings. The van der Waals surface area contributed by atoms with Crippen molar-refractivity contribution in [3.05, 3.63) is 52.8 Å². The first-order chi connectivity index (χ1) is 17.3. The number of esters is 1. The number of ether oxygens (including phenoxy) is 3. The van der Waals surface area contributed by atoms with E-state index in [-0.39, 0.29) is 30.3 Å². The molecule has 0 spiro atoms. The Kier molecular flexibility index (Phi) is 7.74. The second-order valence-electron chi connectivity index (χ2n) is 8.91. The zero-order valence-corrected chi connectivity index (χ0v) is 20.4. The predicted octanol–water partition coefficient (Wildman–Crippen LogP) is 3.62. The number of rotatable bonds is 9. The van der Waals surface area contributed by atoms with Gasteiger partial charge >= 0.3 is 5.97 Å². The fraction of sp³-hybridized carbons (Fsp3) is 0.346. The SMILES string of the molecule is CC(C)OC(=O)COc1cccc(-c2ccc(-c3nc(NN)c(N)c(=O)[nH]3)c(OC3CCCC3)c2)c1. The Hall–Kier alpha value is -4.05. The van der Waals surface area contributed by atoms with Gasteiger partial charge < -0.3 is 30.4 Å². The number of hydrazine groups is 1. The van der Waals surface area contributed by atoms with Gasteiger partial charge in [-0.1, -0.05) is 18.2 Å². The van der Waals surface area contributed by atoms with Crippen LogP contribution in [0, 0.1) is 0 Å². The van der Waals surface area contributed by atoms with E-state index in [2.05, 4.69) is 15.4 Å². The van der Waals surface area contributed by atoms with Gasteiger partial charge in [0.15, 0.2) is 12.4 Å². The maximum atomic E-state index is 12.3. The Balaban J connectivity index is 1.66. The monoisotopic (exact) mass is 493 g/mol. The van der Waals surface area contributed by atoms with Crippen molar-refractivity contribution in [2.24, 2.45) is 5.84 Å². The lowest BCUT2D eigenvalue weighted by Crippen LogP contribution is -2.21. The largest absolute Gasteiger partial charge is 0.490 e. The number of hydrogen-bond donors (Lipinski definition) is 4. The molecule has 190 valence electrons. The molecule has 1 heterocycles. The molecule has 0 saturated heterocycles. The summed E-state index contributed by atoms with van der Waals surface area (Å²) in [5, 5.41) is 0. The summed E-state index contributed by atoms with van der Waals surface area (Å²) < 4.78 is 17.1. The van der Waals surface area contributed by atoms with Crippen LogP contribution in [-0.4, -0.2) is 34.8 Å². The van der Waals surface area contributed by atoms with Crippen molar-refractivity contribution in [1.29, 1.82) is 0 Å². The van der Waals surface area contributed by atoms with Gasteiger partial charge in [0.2, 0.25) is 0 Å². The standard InChI is InChI=1S/C26H31N5O5/c1-15(2)35-22(32)14-34-19-9-5-6-16(12-19)17-10-11-20(21(13-17)36-18-7-3-4-8-18)24-29-25(31-28)23(27)26(33)30-24/h5-6,9-13,15,18H,3-4,7-8,14,27-28H2,1-2H3,(H2,29,30,31,33). The Bertz CT molecular complexity index is 1280. The summed E-state index contributed by atoms with van der Waals surface area (Å²) in [7, 11) is 0. The molecule has 0 atom stereocenters. The minimum atomic E-state index is -0.496. The number of carbonyl (C=O) groups is 1. The number of nitrogens with two attached hydrogens (primary N) is 2. The summed E-state index contributed by atoms with van der Waals surface area (Å²) in [5.41, 5.74) is 9.91. The zero-order valence-electron chi connectivity index (χ0n) is 20.4. The molecule has 1 fully saturated rings. The molecule has 6 N–H and O–H groups in total. The van der Waals surface area contributed by atoms with Crippen molar-refractivity contribution >= 4 is 17.5 Å². The van der Waals surface area contributed by atoms with Crippen molar-refractivity contribution < 1.29 is 19.0 Å². The second kappa shape index (κ2) is 11.1. The number of hydrogen-bond acceptors (Lipinski definition) is 9. The van der Waals surface area contributed by atoms with E-state index >= 15 is 0 Å². The Morgan fingerprint density at radius 2 is 1.92 bits per heavy atom. The molecule has 1 aromatic heterocycles. The van der Waals surface area contributed by atoms with E-state index in [1.54, 1.807) is 19.9 Å². The lowest BCUT2D eigenvalue weighted by atomic mass is 10.0. The van der Waals surface area contributed by atoms with Crippen molar-refractivity contribution in [3.63, 3.8) is 0 Å². The third kappa shape index (κ3) is 5.95. The highest BCUT2D eigenvalue weighted by atomic mass is 16.6. The van der Waals surface area contributed by atoms with Crippen LogP contribution in [0.2, 0.25) is 0 Å². The molecule has 10 nitrogen and oxygen atoms in total. The van der Waals surface area contributed by atoms with Crippen LogP contribution < -0.4 is 32.0 Å². The number of aromatic nitrogens is 2. The molecule has 0 amide bonds. The number of anilines is 2. The first-order valence-electron chi connectivity index (χ1n) is 11.9. The minimum absolute atomic E-state index is 0.0771. The summed E-state index contributed by atoms with van der Waals surface area (Å²) in [5.74, 6) is 6.58. The van der Waals surface area contributed by atoms with Crippen LogP contribution >= 0.6 is 0 Å². The third-order valence-electron chi connectivity index (χ3n) is 5.82. The molecule has 10 heteroatoms. The number of H-pyrrole nitrogens is 1. The molecular weight excluding hydrogens is 462 g/mol. The Morgan fingerprint density at radius 3 is 2.64 bits per heavy atom. The molecular formula is C26H31N5O5. The van der Waals surface area contributed by atoms with Crippen LogP contribution in [0.4, 0.5) is 11.5 Å². The van der Waals surface area contributed by atoms with Crippen LogP contribution in [0.1, 0.15) is 39.5 Å². The molecule has 0 aliphatic heterocycles. The highest BCUT2D eigenvalue weighted by Gasteiger charge is 2.21. The maximum absolute atomic E-state index is 12.3. The predicted molar refractivity (Wildman–Crippen MR) is 138 cm³/mol. The summed E-state index contributed by atoms with van der Waals surface area (Å²) in [6.45, 7) is 3.40. The average Bonchev–Trinajstić information content (AvgIpc) is 3.37. The van der Waals surface area contributed by atoms with Crippen molar-refractivity contribution in [3.8, 4) is 34.0 Å². The molecule has 36 heavy (non-hydrogen) atoms. The van der Waals surface area contributed by atoms with Crippen LogP contribution in [0.5, 0.6) is 11.5 Å². The molecule has 4 rings (SSSR count). The first kappa shape index (κ1) is 25.1. The molecule has 1 aliphatic carbocycles. The number of nitrogen functional groups attached to an aromatic ring is 2. The number of nitrogens with one attached hydrogen (secondary N) is 2. The lowest BCUT2D eigenvalue weighted by Gasteiger charge is -2.18. The summed E-state index contributed by atoms with van der Waals surface area (Å²) >= 11 is 0. The number of nitrogens with zero attached hydrogens (tertiary/aromatic N) is 1. The smallest absolute Gasteiger partial charge is 0.344 e. The highest BCUT2D eigenvalue weighted by molar-refractivity contribution is 5.76. The quantitative estimate of drug-likeness (QED) is 0.199. The van der Waals surface area contributed by atoms with E-state index in [9.17, 15) is 9.59 Å². The molecule has 0 radical (unpaired) electrons. The Labute approximate surface area is 208 Å². The van der Waals surface area contributed by atoms with Gasteiger partial charge in [0.25, 0.3) is 5.56 Å². The minimum Gasteiger partial charge on any atom is -0.490 e.